The molecule has 3 aromatic rings. The molecule has 2 aromatic carbocycles. The zero-order valence-electron chi connectivity index (χ0n) is 19.3. The van der Waals surface area contributed by atoms with Crippen molar-refractivity contribution >= 4 is 29.1 Å². The first-order valence-electron chi connectivity index (χ1n) is 11.6. The molecule has 0 radical (unpaired) electrons. The lowest BCUT2D eigenvalue weighted by atomic mass is 9.95. The second kappa shape index (κ2) is 10.8. The summed E-state index contributed by atoms with van der Waals surface area (Å²) in [4.78, 5) is 41.4. The largest absolute Gasteiger partial charge is 0.459 e. The minimum Gasteiger partial charge on any atom is -0.459 e. The fourth-order valence-electron chi connectivity index (χ4n) is 4.23. The summed E-state index contributed by atoms with van der Waals surface area (Å²) in [5.74, 6) is 0.0255. The lowest BCUT2D eigenvalue weighted by molar-refractivity contribution is -0.121. The standard InChI is InChI=1S/C27H29N3O4/c1-2-30(23-7-4-3-5-8-23)25(31)19-20-10-12-22(13-11-20)28-26(32)21-14-16-29(17-15-21)27(33)24-9-6-18-34-24/h3-13,18,21H,2,14-17,19H2,1H3,(H,28,32). The molecular formula is C27H29N3O4. The zero-order chi connectivity index (χ0) is 23.9. The maximum Gasteiger partial charge on any atom is 0.289 e. The number of furan rings is 1. The molecule has 7 heteroatoms. The highest BCUT2D eigenvalue weighted by Crippen LogP contribution is 2.22. The van der Waals surface area contributed by atoms with E-state index in [2.05, 4.69) is 5.32 Å². The minimum atomic E-state index is -0.147. The van der Waals surface area contributed by atoms with Crippen LogP contribution >= 0.6 is 0 Å². The number of benzene rings is 2. The van der Waals surface area contributed by atoms with Gasteiger partial charge >= 0.3 is 0 Å². The zero-order valence-corrected chi connectivity index (χ0v) is 19.3. The van der Waals surface area contributed by atoms with E-state index >= 15 is 0 Å². The summed E-state index contributed by atoms with van der Waals surface area (Å²) in [5, 5.41) is 2.97. The first kappa shape index (κ1) is 23.3. The van der Waals surface area contributed by atoms with Gasteiger partial charge in [-0.15, -0.1) is 0 Å². The molecule has 1 aromatic heterocycles. The Morgan fingerprint density at radius 3 is 2.29 bits per heavy atom. The molecule has 0 unspecified atom stereocenters. The third-order valence-corrected chi connectivity index (χ3v) is 6.15. The molecule has 1 fully saturated rings. The Labute approximate surface area is 199 Å². The number of para-hydroxylation sites is 1. The normalized spacial score (nSPS) is 14.0. The van der Waals surface area contributed by atoms with Gasteiger partial charge < -0.3 is 19.5 Å². The van der Waals surface area contributed by atoms with Gasteiger partial charge in [-0.05, 0) is 61.7 Å². The number of likely N-dealkylation sites (N-methyl/N-ethyl adjacent to an activating group) is 1. The van der Waals surface area contributed by atoms with Gasteiger partial charge in [-0.1, -0.05) is 30.3 Å². The number of piperidine rings is 1. The van der Waals surface area contributed by atoms with Gasteiger partial charge in [0.2, 0.25) is 11.8 Å². The van der Waals surface area contributed by atoms with Crippen molar-refractivity contribution in [1.29, 1.82) is 0 Å². The third kappa shape index (κ3) is 5.54. The average Bonchev–Trinajstić information content (AvgIpc) is 3.41. The van der Waals surface area contributed by atoms with Crippen molar-refractivity contribution in [3.63, 3.8) is 0 Å². The Balaban J connectivity index is 1.28. The number of nitrogens with one attached hydrogen (secondary N) is 1. The molecule has 7 nitrogen and oxygen atoms in total. The van der Waals surface area contributed by atoms with Crippen molar-refractivity contribution in [1.82, 2.24) is 4.90 Å². The fraction of sp³-hybridized carbons (Fsp3) is 0.296. The van der Waals surface area contributed by atoms with Crippen molar-refractivity contribution in [2.45, 2.75) is 26.2 Å². The molecule has 3 amide bonds. The molecule has 34 heavy (non-hydrogen) atoms. The van der Waals surface area contributed by atoms with Crippen LogP contribution in [-0.2, 0) is 16.0 Å². The van der Waals surface area contributed by atoms with Gasteiger partial charge in [0.1, 0.15) is 0 Å². The average molecular weight is 460 g/mol. The molecule has 0 atom stereocenters. The molecule has 0 bridgehead atoms. The van der Waals surface area contributed by atoms with Crippen LogP contribution in [0.1, 0.15) is 35.9 Å². The van der Waals surface area contributed by atoms with Crippen LogP contribution < -0.4 is 10.2 Å². The number of rotatable bonds is 7. The van der Waals surface area contributed by atoms with Crippen molar-refractivity contribution in [2.24, 2.45) is 5.92 Å². The maximum absolute atomic E-state index is 12.8. The lowest BCUT2D eigenvalue weighted by Crippen LogP contribution is -2.41. The molecule has 176 valence electrons. The topological polar surface area (TPSA) is 82.9 Å². The van der Waals surface area contributed by atoms with Gasteiger partial charge in [0, 0.05) is 36.9 Å². The highest BCUT2D eigenvalue weighted by Gasteiger charge is 2.28. The summed E-state index contributed by atoms with van der Waals surface area (Å²) in [5.41, 5.74) is 2.48. The van der Waals surface area contributed by atoms with Crippen LogP contribution in [0.3, 0.4) is 0 Å². The van der Waals surface area contributed by atoms with Crippen LogP contribution in [0.4, 0.5) is 11.4 Å². The second-order valence-electron chi connectivity index (χ2n) is 8.38. The van der Waals surface area contributed by atoms with Crippen LogP contribution in [0.25, 0.3) is 0 Å². The number of carbonyl (C=O) groups is 3. The first-order chi connectivity index (χ1) is 16.5. The summed E-state index contributed by atoms with van der Waals surface area (Å²) in [6, 6.07) is 20.4. The van der Waals surface area contributed by atoms with E-state index in [9.17, 15) is 14.4 Å². The SMILES string of the molecule is CCN(C(=O)Cc1ccc(NC(=O)C2CCN(C(=O)c3ccco3)CC2)cc1)c1ccccc1. The molecular weight excluding hydrogens is 430 g/mol. The summed E-state index contributed by atoms with van der Waals surface area (Å²) in [7, 11) is 0. The van der Waals surface area contributed by atoms with Crippen LogP contribution in [0.2, 0.25) is 0 Å². The smallest absolute Gasteiger partial charge is 0.289 e. The summed E-state index contributed by atoms with van der Waals surface area (Å²) in [6.45, 7) is 3.60. The monoisotopic (exact) mass is 459 g/mol. The predicted octanol–water partition coefficient (Wildman–Crippen LogP) is 4.37. The van der Waals surface area contributed by atoms with E-state index in [0.717, 1.165) is 11.3 Å². The van der Waals surface area contributed by atoms with E-state index in [1.54, 1.807) is 21.9 Å². The minimum absolute atomic E-state index is 0.0290. The molecule has 1 N–H and O–H groups in total. The Bertz CT molecular complexity index is 1100. The maximum atomic E-state index is 12.8. The van der Waals surface area contributed by atoms with E-state index < -0.39 is 0 Å². The van der Waals surface area contributed by atoms with Gasteiger partial charge in [-0.3, -0.25) is 14.4 Å². The van der Waals surface area contributed by atoms with Crippen LogP contribution in [0.5, 0.6) is 0 Å². The summed E-state index contributed by atoms with van der Waals surface area (Å²) >= 11 is 0. The van der Waals surface area contributed by atoms with Gasteiger partial charge in [0.25, 0.3) is 5.91 Å². The number of likely N-dealkylation sites (tertiary alicyclic amines) is 1. The summed E-state index contributed by atoms with van der Waals surface area (Å²) in [6.07, 6.45) is 2.99. The molecule has 1 aliphatic heterocycles. The van der Waals surface area contributed by atoms with Gasteiger partial charge in [-0.2, -0.15) is 0 Å². The van der Waals surface area contributed by atoms with Crippen molar-refractivity contribution in [3.05, 3.63) is 84.3 Å². The number of amides is 3. The van der Waals surface area contributed by atoms with Crippen LogP contribution in [0, 0.1) is 5.92 Å². The van der Waals surface area contributed by atoms with E-state index in [0.29, 0.717) is 50.3 Å². The lowest BCUT2D eigenvalue weighted by Gasteiger charge is -2.30. The fourth-order valence-corrected chi connectivity index (χ4v) is 4.23. The Morgan fingerprint density at radius 1 is 0.971 bits per heavy atom. The van der Waals surface area contributed by atoms with Gasteiger partial charge in [0.15, 0.2) is 5.76 Å². The predicted molar refractivity (Wildman–Crippen MR) is 131 cm³/mol. The van der Waals surface area contributed by atoms with Crippen molar-refractivity contribution in [2.75, 3.05) is 29.9 Å². The number of nitrogens with zero attached hydrogens (tertiary/aromatic N) is 2. The Morgan fingerprint density at radius 2 is 1.68 bits per heavy atom. The quantitative estimate of drug-likeness (QED) is 0.569. The highest BCUT2D eigenvalue weighted by molar-refractivity contribution is 5.95. The summed E-state index contributed by atoms with van der Waals surface area (Å²) < 4.78 is 5.18. The number of carbonyl (C=O) groups excluding carboxylic acids is 3. The van der Waals surface area contributed by atoms with E-state index in [1.165, 1.54) is 6.26 Å². The first-order valence-corrected chi connectivity index (χ1v) is 11.6. The number of anilines is 2. The third-order valence-electron chi connectivity index (χ3n) is 6.15. The van der Waals surface area contributed by atoms with E-state index in [1.807, 2.05) is 61.5 Å². The van der Waals surface area contributed by atoms with Crippen LogP contribution in [-0.4, -0.2) is 42.3 Å². The van der Waals surface area contributed by atoms with Crippen molar-refractivity contribution in [3.8, 4) is 0 Å². The van der Waals surface area contributed by atoms with Gasteiger partial charge in [0.05, 0.1) is 12.7 Å². The van der Waals surface area contributed by atoms with Gasteiger partial charge in [-0.25, -0.2) is 0 Å². The number of hydrogen-bond acceptors (Lipinski definition) is 4. The molecule has 0 aliphatic carbocycles. The Hall–Kier alpha value is -3.87. The number of hydrogen-bond donors (Lipinski definition) is 1. The highest BCUT2D eigenvalue weighted by atomic mass is 16.3. The molecule has 1 aliphatic rings. The molecule has 2 heterocycles. The molecule has 0 saturated carbocycles. The van der Waals surface area contributed by atoms with Crippen molar-refractivity contribution < 1.29 is 18.8 Å². The van der Waals surface area contributed by atoms with E-state index in [4.69, 9.17) is 4.42 Å². The van der Waals surface area contributed by atoms with E-state index in [-0.39, 0.29) is 23.6 Å². The molecule has 1 saturated heterocycles. The molecule has 0 spiro atoms. The van der Waals surface area contributed by atoms with Crippen LogP contribution in [0.15, 0.2) is 77.4 Å². The Kier molecular flexibility index (Phi) is 7.42. The molecule has 4 rings (SSSR count). The second-order valence-corrected chi connectivity index (χ2v) is 8.38.